The van der Waals surface area contributed by atoms with Crippen molar-refractivity contribution in [1.29, 1.82) is 0 Å². The van der Waals surface area contributed by atoms with Gasteiger partial charge in [-0.2, -0.15) is 0 Å². The van der Waals surface area contributed by atoms with Gasteiger partial charge in [-0.15, -0.1) is 0 Å². The van der Waals surface area contributed by atoms with E-state index in [-0.39, 0.29) is 23.3 Å². The van der Waals surface area contributed by atoms with E-state index >= 15 is 0 Å². The van der Waals surface area contributed by atoms with Crippen LogP contribution in [0.25, 0.3) is 11.0 Å². The molecule has 6 rings (SSSR count). The van der Waals surface area contributed by atoms with E-state index in [1.807, 2.05) is 31.2 Å². The number of H-pyrrole nitrogens is 1. The molecular weight excluding hydrogens is 364 g/mol. The molecule has 0 aliphatic heterocycles. The van der Waals surface area contributed by atoms with E-state index in [9.17, 15) is 9.59 Å². The molecular formula is C23H30N4O2. The Morgan fingerprint density at radius 1 is 1.14 bits per heavy atom. The second-order valence-corrected chi connectivity index (χ2v) is 9.63. The van der Waals surface area contributed by atoms with Crippen LogP contribution in [0.5, 0.6) is 0 Å². The van der Waals surface area contributed by atoms with Crippen LogP contribution < -0.4 is 10.6 Å². The Morgan fingerprint density at radius 3 is 2.45 bits per heavy atom. The van der Waals surface area contributed by atoms with Gasteiger partial charge in [-0.05, 0) is 75.3 Å². The summed E-state index contributed by atoms with van der Waals surface area (Å²) < 4.78 is 0. The molecule has 4 aliphatic carbocycles. The number of rotatable bonds is 6. The summed E-state index contributed by atoms with van der Waals surface area (Å²) in [5.41, 5.74) is 1.71. The fourth-order valence-electron chi connectivity index (χ4n) is 6.43. The Kier molecular flexibility index (Phi) is 4.60. The van der Waals surface area contributed by atoms with Crippen molar-refractivity contribution in [3.8, 4) is 0 Å². The third kappa shape index (κ3) is 3.53. The molecule has 4 aliphatic rings. The quantitative estimate of drug-likeness (QED) is 0.701. The fourth-order valence-corrected chi connectivity index (χ4v) is 6.43. The number of fused-ring (bicyclic) bond motifs is 1. The number of para-hydroxylation sites is 2. The van der Waals surface area contributed by atoms with Crippen LogP contribution in [0.15, 0.2) is 24.3 Å². The van der Waals surface area contributed by atoms with Crippen LogP contribution in [-0.4, -0.2) is 28.3 Å². The third-order valence-electron chi connectivity index (χ3n) is 7.35. The summed E-state index contributed by atoms with van der Waals surface area (Å²) in [7, 11) is 0. The van der Waals surface area contributed by atoms with Crippen molar-refractivity contribution < 1.29 is 9.59 Å². The monoisotopic (exact) mass is 394 g/mol. The van der Waals surface area contributed by atoms with E-state index < -0.39 is 0 Å². The molecule has 29 heavy (non-hydrogen) atoms. The lowest BCUT2D eigenvalue weighted by Crippen LogP contribution is -2.53. The SMILES string of the molecule is CC(NC(=O)CCNC(=O)C12CC3CC(CC(C3)C1)C2)c1nc2ccccc2[nH]1. The number of carbonyl (C=O) groups excluding carboxylic acids is 2. The number of imidazole rings is 1. The van der Waals surface area contributed by atoms with Crippen LogP contribution in [0.1, 0.15) is 63.7 Å². The highest BCUT2D eigenvalue weighted by molar-refractivity contribution is 5.84. The van der Waals surface area contributed by atoms with Crippen molar-refractivity contribution in [3.63, 3.8) is 0 Å². The third-order valence-corrected chi connectivity index (χ3v) is 7.35. The molecule has 3 N–H and O–H groups in total. The predicted octanol–water partition coefficient (Wildman–Crippen LogP) is 3.46. The van der Waals surface area contributed by atoms with Gasteiger partial charge in [0.1, 0.15) is 5.82 Å². The predicted molar refractivity (Wildman–Crippen MR) is 111 cm³/mol. The van der Waals surface area contributed by atoms with Gasteiger partial charge in [-0.1, -0.05) is 12.1 Å². The lowest BCUT2D eigenvalue weighted by molar-refractivity contribution is -0.146. The van der Waals surface area contributed by atoms with Crippen LogP contribution in [0.3, 0.4) is 0 Å². The molecule has 0 saturated heterocycles. The Morgan fingerprint density at radius 2 is 1.79 bits per heavy atom. The Balaban J connectivity index is 1.12. The van der Waals surface area contributed by atoms with Gasteiger partial charge in [-0.25, -0.2) is 4.98 Å². The summed E-state index contributed by atoms with van der Waals surface area (Å²) in [6, 6.07) is 7.63. The first-order chi connectivity index (χ1) is 14.0. The molecule has 0 radical (unpaired) electrons. The lowest BCUT2D eigenvalue weighted by atomic mass is 9.49. The molecule has 6 nitrogen and oxygen atoms in total. The molecule has 1 aromatic heterocycles. The van der Waals surface area contributed by atoms with Crippen molar-refractivity contribution in [2.75, 3.05) is 6.54 Å². The minimum absolute atomic E-state index is 0.0660. The Labute approximate surface area is 171 Å². The van der Waals surface area contributed by atoms with Crippen LogP contribution in [0, 0.1) is 23.2 Å². The number of amides is 2. The van der Waals surface area contributed by atoms with Crippen molar-refractivity contribution in [2.24, 2.45) is 23.2 Å². The molecule has 154 valence electrons. The molecule has 1 aromatic carbocycles. The number of hydrogen-bond donors (Lipinski definition) is 3. The largest absolute Gasteiger partial charge is 0.355 e. The van der Waals surface area contributed by atoms with Crippen molar-refractivity contribution in [1.82, 2.24) is 20.6 Å². The first-order valence-corrected chi connectivity index (χ1v) is 11.0. The Bertz CT molecular complexity index is 866. The first kappa shape index (κ1) is 18.6. The highest BCUT2D eigenvalue weighted by atomic mass is 16.2. The van der Waals surface area contributed by atoms with Gasteiger partial charge in [0.2, 0.25) is 11.8 Å². The molecule has 0 spiro atoms. The van der Waals surface area contributed by atoms with E-state index in [0.717, 1.165) is 53.9 Å². The van der Waals surface area contributed by atoms with Gasteiger partial charge in [0, 0.05) is 18.4 Å². The van der Waals surface area contributed by atoms with Crippen LogP contribution in [0.4, 0.5) is 0 Å². The fraction of sp³-hybridized carbons (Fsp3) is 0.609. The number of aromatic nitrogens is 2. The number of aromatic amines is 1. The molecule has 1 heterocycles. The van der Waals surface area contributed by atoms with Gasteiger partial charge in [-0.3, -0.25) is 9.59 Å². The van der Waals surface area contributed by atoms with Crippen LogP contribution in [-0.2, 0) is 9.59 Å². The molecule has 2 amide bonds. The van der Waals surface area contributed by atoms with E-state index in [1.165, 1.54) is 19.3 Å². The van der Waals surface area contributed by atoms with Gasteiger partial charge < -0.3 is 15.6 Å². The zero-order valence-corrected chi connectivity index (χ0v) is 17.0. The average molecular weight is 395 g/mol. The van der Waals surface area contributed by atoms with Crippen LogP contribution in [0.2, 0.25) is 0 Å². The topological polar surface area (TPSA) is 86.9 Å². The summed E-state index contributed by atoms with van der Waals surface area (Å²) in [6.45, 7) is 2.32. The average Bonchev–Trinajstić information content (AvgIpc) is 3.11. The summed E-state index contributed by atoms with van der Waals surface area (Å²) in [5, 5.41) is 6.06. The highest BCUT2D eigenvalue weighted by Crippen LogP contribution is 2.60. The molecule has 4 bridgehead atoms. The number of carbonyl (C=O) groups is 2. The molecule has 1 atom stereocenters. The van der Waals surface area contributed by atoms with Crippen molar-refractivity contribution in [2.45, 2.75) is 57.9 Å². The summed E-state index contributed by atoms with van der Waals surface area (Å²) in [5.74, 6) is 3.12. The number of hydrogen-bond acceptors (Lipinski definition) is 3. The molecule has 4 saturated carbocycles. The zero-order valence-electron chi connectivity index (χ0n) is 17.0. The van der Waals surface area contributed by atoms with Gasteiger partial charge in [0.15, 0.2) is 0 Å². The minimum atomic E-state index is -0.200. The van der Waals surface area contributed by atoms with Gasteiger partial charge in [0.25, 0.3) is 0 Å². The molecule has 1 unspecified atom stereocenters. The van der Waals surface area contributed by atoms with Gasteiger partial charge in [0.05, 0.1) is 17.1 Å². The number of nitrogens with one attached hydrogen (secondary N) is 3. The van der Waals surface area contributed by atoms with Crippen LogP contribution >= 0.6 is 0 Å². The van der Waals surface area contributed by atoms with E-state index in [1.54, 1.807) is 0 Å². The number of benzene rings is 1. The second-order valence-electron chi connectivity index (χ2n) is 9.63. The smallest absolute Gasteiger partial charge is 0.226 e. The first-order valence-electron chi connectivity index (χ1n) is 11.0. The standard InChI is InChI=1S/C23H30N4O2/c1-14(21-26-18-4-2-3-5-19(18)27-21)25-20(28)6-7-24-22(29)23-11-15-8-16(12-23)10-17(9-15)13-23/h2-5,14-17H,6-13H2,1H3,(H,24,29)(H,25,28)(H,26,27). The normalized spacial score (nSPS) is 31.0. The van der Waals surface area contributed by atoms with E-state index in [0.29, 0.717) is 13.0 Å². The number of nitrogens with zero attached hydrogens (tertiary/aromatic N) is 1. The summed E-state index contributed by atoms with van der Waals surface area (Å²) in [6.07, 6.45) is 7.45. The zero-order chi connectivity index (χ0) is 20.0. The van der Waals surface area contributed by atoms with Crippen molar-refractivity contribution >= 4 is 22.8 Å². The molecule has 2 aromatic rings. The summed E-state index contributed by atoms with van der Waals surface area (Å²) in [4.78, 5) is 33.1. The maximum atomic E-state index is 13.0. The maximum absolute atomic E-state index is 13.0. The van der Waals surface area contributed by atoms with Crippen molar-refractivity contribution in [3.05, 3.63) is 30.1 Å². The second kappa shape index (κ2) is 7.15. The Hall–Kier alpha value is -2.37. The molecule has 6 heteroatoms. The lowest BCUT2D eigenvalue weighted by Gasteiger charge is -2.55. The molecule has 4 fully saturated rings. The van der Waals surface area contributed by atoms with E-state index in [4.69, 9.17) is 0 Å². The van der Waals surface area contributed by atoms with Gasteiger partial charge >= 0.3 is 0 Å². The summed E-state index contributed by atoms with van der Waals surface area (Å²) >= 11 is 0. The minimum Gasteiger partial charge on any atom is -0.355 e. The maximum Gasteiger partial charge on any atom is 0.226 e. The van der Waals surface area contributed by atoms with E-state index in [2.05, 4.69) is 20.6 Å². The highest BCUT2D eigenvalue weighted by Gasteiger charge is 2.54.